The lowest BCUT2D eigenvalue weighted by molar-refractivity contribution is 0.102. The number of nitrogens with zero attached hydrogens (tertiary/aromatic N) is 1. The van der Waals surface area contributed by atoms with Crippen LogP contribution in [0.4, 0.5) is 11.4 Å². The first-order valence-corrected chi connectivity index (χ1v) is 10.8. The topological polar surface area (TPSA) is 109 Å². The van der Waals surface area contributed by atoms with Crippen molar-refractivity contribution in [1.82, 2.24) is 10.3 Å². The number of amides is 1. The molecule has 1 amide bonds. The fourth-order valence-corrected chi connectivity index (χ4v) is 3.27. The molecular formula is C26H29N5O2. The summed E-state index contributed by atoms with van der Waals surface area (Å²) in [5, 5.41) is 9.15. The molecule has 7 heteroatoms. The lowest BCUT2D eigenvalue weighted by Gasteiger charge is -2.14. The average molecular weight is 444 g/mol. The van der Waals surface area contributed by atoms with Crippen molar-refractivity contribution in [2.45, 2.75) is 13.0 Å². The van der Waals surface area contributed by atoms with E-state index in [4.69, 9.17) is 5.73 Å². The summed E-state index contributed by atoms with van der Waals surface area (Å²) in [4.78, 5) is 26.6. The van der Waals surface area contributed by atoms with Crippen LogP contribution in [-0.2, 0) is 6.54 Å². The molecule has 0 saturated carbocycles. The number of nitrogens with two attached hydrogens (primary N) is 1. The van der Waals surface area contributed by atoms with Gasteiger partial charge in [-0.1, -0.05) is 30.3 Å². The number of pyridine rings is 1. The Labute approximate surface area is 194 Å². The third-order valence-electron chi connectivity index (χ3n) is 5.23. The average Bonchev–Trinajstić information content (AvgIpc) is 2.90. The number of anilines is 2. The molecule has 7 nitrogen and oxygen atoms in total. The minimum absolute atomic E-state index is 0.246. The predicted octanol–water partition coefficient (Wildman–Crippen LogP) is 3.71. The molecule has 170 valence electrons. The van der Waals surface area contributed by atoms with Crippen molar-refractivity contribution in [1.29, 1.82) is 0 Å². The van der Waals surface area contributed by atoms with Crippen LogP contribution in [0.25, 0.3) is 5.57 Å². The van der Waals surface area contributed by atoms with E-state index in [1.54, 1.807) is 6.07 Å². The van der Waals surface area contributed by atoms with Crippen molar-refractivity contribution in [3.8, 4) is 0 Å². The molecule has 1 aliphatic rings. The maximum Gasteiger partial charge on any atom is 0.257 e. The number of aromatic nitrogens is 1. The van der Waals surface area contributed by atoms with Crippen molar-refractivity contribution < 1.29 is 9.59 Å². The molecule has 0 aliphatic carbocycles. The van der Waals surface area contributed by atoms with Crippen LogP contribution in [0.1, 0.15) is 38.4 Å². The number of carbonyl (C=O) groups excluding carboxylic acids is 2. The van der Waals surface area contributed by atoms with Crippen molar-refractivity contribution in [3.63, 3.8) is 0 Å². The lowest BCUT2D eigenvalue weighted by Crippen LogP contribution is -2.20. The van der Waals surface area contributed by atoms with Crippen LogP contribution >= 0.6 is 0 Å². The van der Waals surface area contributed by atoms with Gasteiger partial charge in [-0.2, -0.15) is 0 Å². The zero-order valence-electron chi connectivity index (χ0n) is 18.7. The maximum absolute atomic E-state index is 12.1. The van der Waals surface area contributed by atoms with Gasteiger partial charge in [-0.05, 0) is 66.1 Å². The van der Waals surface area contributed by atoms with Gasteiger partial charge < -0.3 is 21.7 Å². The first kappa shape index (κ1) is 23.8. The number of aldehydes is 1. The molecule has 0 saturated heterocycles. The molecular weight excluding hydrogens is 414 g/mol. The molecule has 1 aromatic heterocycles. The van der Waals surface area contributed by atoms with Crippen molar-refractivity contribution in [3.05, 3.63) is 95.3 Å². The van der Waals surface area contributed by atoms with Gasteiger partial charge in [0.15, 0.2) is 6.29 Å². The molecule has 0 radical (unpaired) electrons. The summed E-state index contributed by atoms with van der Waals surface area (Å²) in [5.41, 5.74) is 11.7. The molecule has 0 fully saturated rings. The van der Waals surface area contributed by atoms with Gasteiger partial charge in [-0.25, -0.2) is 0 Å². The van der Waals surface area contributed by atoms with E-state index in [-0.39, 0.29) is 5.91 Å². The third kappa shape index (κ3) is 7.10. The Morgan fingerprint density at radius 3 is 2.33 bits per heavy atom. The van der Waals surface area contributed by atoms with Gasteiger partial charge >= 0.3 is 0 Å². The molecule has 4 rings (SSSR count). The Hall–Kier alpha value is -3.81. The van der Waals surface area contributed by atoms with Crippen molar-refractivity contribution in [2.24, 2.45) is 5.73 Å². The zero-order valence-corrected chi connectivity index (χ0v) is 18.7. The largest absolute Gasteiger partial charge is 0.388 e. The quantitative estimate of drug-likeness (QED) is 0.433. The van der Waals surface area contributed by atoms with Gasteiger partial charge in [0.1, 0.15) is 5.69 Å². The van der Waals surface area contributed by atoms with Crippen LogP contribution in [0, 0.1) is 0 Å². The van der Waals surface area contributed by atoms with E-state index >= 15 is 0 Å². The summed E-state index contributed by atoms with van der Waals surface area (Å²) in [5.74, 6) is -0.246. The summed E-state index contributed by atoms with van der Waals surface area (Å²) in [6.45, 7) is 2.51. The predicted molar refractivity (Wildman–Crippen MR) is 133 cm³/mol. The zero-order chi connectivity index (χ0) is 23.5. The third-order valence-corrected chi connectivity index (χ3v) is 5.23. The van der Waals surface area contributed by atoms with E-state index < -0.39 is 0 Å². The van der Waals surface area contributed by atoms with E-state index in [2.05, 4.69) is 27.0 Å². The lowest BCUT2D eigenvalue weighted by atomic mass is 10.00. The molecule has 0 bridgehead atoms. The number of carbonyl (C=O) groups is 2. The van der Waals surface area contributed by atoms with Crippen LogP contribution in [0.3, 0.4) is 0 Å². The molecule has 1 aliphatic heterocycles. The van der Waals surface area contributed by atoms with Crippen LogP contribution in [-0.4, -0.2) is 37.3 Å². The second-order valence-electron chi connectivity index (χ2n) is 7.46. The number of nitrogens with one attached hydrogen (secondary N) is 3. The summed E-state index contributed by atoms with van der Waals surface area (Å²) in [7, 11) is 1.90. The van der Waals surface area contributed by atoms with Gasteiger partial charge in [-0.3, -0.25) is 14.6 Å². The first-order valence-electron chi connectivity index (χ1n) is 10.8. The standard InChI is InChI=1S/C18H17N3O2.C8H12N2/c22-12-17-6-3-15(11-20-17)18(23)21-16-4-1-13(2-5-16)14-7-9-19-10-8-14;1-10-8-4-2-7(6-9)3-5-8/h1-7,11-12,19H,8-10H2,(H,21,23);2-5,10H,6,9H2,1H3. The fourth-order valence-electron chi connectivity index (χ4n) is 3.27. The minimum Gasteiger partial charge on any atom is -0.388 e. The number of rotatable bonds is 6. The van der Waals surface area contributed by atoms with Crippen LogP contribution in [0.15, 0.2) is 72.9 Å². The van der Waals surface area contributed by atoms with Gasteiger partial charge in [0.25, 0.3) is 5.91 Å². The normalized spacial score (nSPS) is 12.6. The van der Waals surface area contributed by atoms with E-state index in [0.29, 0.717) is 24.1 Å². The second-order valence-corrected chi connectivity index (χ2v) is 7.46. The SMILES string of the molecule is CNc1ccc(CN)cc1.O=Cc1ccc(C(=O)Nc2ccc(C3=CCNCC3)cc2)cn1. The van der Waals surface area contributed by atoms with E-state index in [0.717, 1.165) is 30.9 Å². The molecule has 0 spiro atoms. The molecule has 2 heterocycles. The molecule has 5 N–H and O–H groups in total. The highest BCUT2D eigenvalue weighted by Gasteiger charge is 2.08. The monoisotopic (exact) mass is 443 g/mol. The highest BCUT2D eigenvalue weighted by Crippen LogP contribution is 2.21. The van der Waals surface area contributed by atoms with E-state index in [1.807, 2.05) is 55.6 Å². The van der Waals surface area contributed by atoms with Gasteiger partial charge in [0, 0.05) is 37.7 Å². The van der Waals surface area contributed by atoms with E-state index in [1.165, 1.54) is 29.0 Å². The van der Waals surface area contributed by atoms with Gasteiger partial charge in [0.2, 0.25) is 0 Å². The van der Waals surface area contributed by atoms with Gasteiger partial charge in [0.05, 0.1) is 5.56 Å². The summed E-state index contributed by atoms with van der Waals surface area (Å²) in [6, 6.07) is 19.0. The van der Waals surface area contributed by atoms with Gasteiger partial charge in [-0.15, -0.1) is 0 Å². The molecule has 33 heavy (non-hydrogen) atoms. The number of hydrogen-bond donors (Lipinski definition) is 4. The molecule has 2 aromatic carbocycles. The Morgan fingerprint density at radius 1 is 1.06 bits per heavy atom. The van der Waals surface area contributed by atoms with Crippen molar-refractivity contribution in [2.75, 3.05) is 30.8 Å². The Balaban J connectivity index is 0.000000257. The number of benzene rings is 2. The highest BCUT2D eigenvalue weighted by atomic mass is 16.1. The summed E-state index contributed by atoms with van der Waals surface area (Å²) >= 11 is 0. The number of hydrogen-bond acceptors (Lipinski definition) is 6. The molecule has 3 aromatic rings. The second kappa shape index (κ2) is 12.3. The summed E-state index contributed by atoms with van der Waals surface area (Å²) < 4.78 is 0. The Bertz CT molecular complexity index is 1050. The maximum atomic E-state index is 12.1. The van der Waals surface area contributed by atoms with E-state index in [9.17, 15) is 9.59 Å². The van der Waals surface area contributed by atoms with Crippen molar-refractivity contribution >= 4 is 29.1 Å². The van der Waals surface area contributed by atoms with Crippen LogP contribution in [0.2, 0.25) is 0 Å². The summed E-state index contributed by atoms with van der Waals surface area (Å²) in [6.07, 6.45) is 5.25. The first-order chi connectivity index (χ1) is 16.1. The molecule has 0 unspecified atom stereocenters. The minimum atomic E-state index is -0.246. The van der Waals surface area contributed by atoms with Crippen LogP contribution in [0.5, 0.6) is 0 Å². The Kier molecular flexibility index (Phi) is 8.88. The smallest absolute Gasteiger partial charge is 0.257 e. The fraction of sp³-hybridized carbons (Fsp3) is 0.192. The highest BCUT2D eigenvalue weighted by molar-refractivity contribution is 6.04. The van der Waals surface area contributed by atoms with Crippen LogP contribution < -0.4 is 21.7 Å². The molecule has 0 atom stereocenters. The Morgan fingerprint density at radius 2 is 1.79 bits per heavy atom.